The monoisotopic (exact) mass is 507 g/mol. The molecule has 1 aliphatic heterocycles. The van der Waals surface area contributed by atoms with E-state index in [-0.39, 0.29) is 23.0 Å². The van der Waals surface area contributed by atoms with Crippen LogP contribution in [-0.2, 0) is 19.6 Å². The van der Waals surface area contributed by atoms with Gasteiger partial charge in [-0.2, -0.15) is 0 Å². The van der Waals surface area contributed by atoms with Crippen molar-refractivity contribution in [1.29, 1.82) is 0 Å². The topological polar surface area (TPSA) is 114 Å². The Bertz CT molecular complexity index is 1180. The van der Waals surface area contributed by atoms with Crippen molar-refractivity contribution in [2.75, 3.05) is 22.7 Å². The Labute approximate surface area is 204 Å². The first kappa shape index (κ1) is 26.3. The number of ether oxygens (including phenoxy) is 2. The molecule has 2 aromatic rings. The Morgan fingerprint density at radius 3 is 2.49 bits per heavy atom. The first-order valence-corrected chi connectivity index (χ1v) is 12.7. The van der Waals surface area contributed by atoms with Crippen molar-refractivity contribution < 1.29 is 31.9 Å². The summed E-state index contributed by atoms with van der Waals surface area (Å²) < 4.78 is 52.9. The number of carbonyl (C=O) groups is 2. The van der Waals surface area contributed by atoms with Crippen LogP contribution in [0.3, 0.4) is 0 Å². The predicted octanol–water partition coefficient (Wildman–Crippen LogP) is 4.05. The molecule has 1 aliphatic rings. The van der Waals surface area contributed by atoms with Crippen LogP contribution in [0.25, 0.3) is 0 Å². The van der Waals surface area contributed by atoms with Crippen molar-refractivity contribution in [2.24, 2.45) is 0 Å². The van der Waals surface area contributed by atoms with E-state index < -0.39 is 33.6 Å². The van der Waals surface area contributed by atoms with Crippen molar-refractivity contribution in [3.63, 3.8) is 0 Å². The summed E-state index contributed by atoms with van der Waals surface area (Å²) in [5.74, 6) is -0.377. The van der Waals surface area contributed by atoms with E-state index >= 15 is 0 Å². The van der Waals surface area contributed by atoms with Crippen molar-refractivity contribution in [1.82, 2.24) is 5.32 Å². The van der Waals surface area contributed by atoms with Crippen molar-refractivity contribution in [2.45, 2.75) is 57.1 Å². The Hall–Kier alpha value is -3.34. The number of rotatable bonds is 7. The van der Waals surface area contributed by atoms with Gasteiger partial charge in [-0.25, -0.2) is 17.6 Å². The second-order valence-electron chi connectivity index (χ2n) is 9.03. The lowest BCUT2D eigenvalue weighted by Gasteiger charge is -2.36. The van der Waals surface area contributed by atoms with Gasteiger partial charge in [0.1, 0.15) is 23.3 Å². The van der Waals surface area contributed by atoms with Crippen LogP contribution in [0, 0.1) is 5.82 Å². The van der Waals surface area contributed by atoms with Gasteiger partial charge in [-0.05, 0) is 63.2 Å². The van der Waals surface area contributed by atoms with E-state index in [0.717, 1.165) is 12.1 Å². The number of anilines is 2. The zero-order chi connectivity index (χ0) is 25.8. The van der Waals surface area contributed by atoms with Crippen molar-refractivity contribution in [3.8, 4) is 5.75 Å². The Morgan fingerprint density at radius 2 is 1.86 bits per heavy atom. The lowest BCUT2D eigenvalue weighted by molar-refractivity contribution is -0.120. The highest BCUT2D eigenvalue weighted by Gasteiger charge is 2.35. The third-order valence-corrected chi connectivity index (χ3v) is 6.84. The highest BCUT2D eigenvalue weighted by atomic mass is 32.2. The maximum absolute atomic E-state index is 13.5. The predicted molar refractivity (Wildman–Crippen MR) is 130 cm³/mol. The van der Waals surface area contributed by atoms with Crippen LogP contribution < -0.4 is 19.7 Å². The molecule has 0 saturated heterocycles. The van der Waals surface area contributed by atoms with Gasteiger partial charge in [-0.15, -0.1) is 0 Å². The molecule has 11 heteroatoms. The molecule has 35 heavy (non-hydrogen) atoms. The average molecular weight is 508 g/mol. The van der Waals surface area contributed by atoms with E-state index in [1.807, 2.05) is 0 Å². The van der Waals surface area contributed by atoms with Crippen LogP contribution >= 0.6 is 0 Å². The number of benzene rings is 2. The van der Waals surface area contributed by atoms with Gasteiger partial charge in [-0.1, -0.05) is 6.92 Å². The summed E-state index contributed by atoms with van der Waals surface area (Å²) in [7, 11) is -4.09. The summed E-state index contributed by atoms with van der Waals surface area (Å²) in [5, 5.41) is 5.35. The Morgan fingerprint density at radius 1 is 1.17 bits per heavy atom. The van der Waals surface area contributed by atoms with Gasteiger partial charge in [0.15, 0.2) is 0 Å². The molecule has 0 aliphatic carbocycles. The highest BCUT2D eigenvalue weighted by Crippen LogP contribution is 2.39. The van der Waals surface area contributed by atoms with Gasteiger partial charge >= 0.3 is 6.09 Å². The molecule has 9 nitrogen and oxygen atoms in total. The van der Waals surface area contributed by atoms with Gasteiger partial charge < -0.3 is 14.8 Å². The lowest BCUT2D eigenvalue weighted by Crippen LogP contribution is -2.44. The van der Waals surface area contributed by atoms with E-state index in [1.165, 1.54) is 22.5 Å². The van der Waals surface area contributed by atoms with Crippen LogP contribution in [0.4, 0.5) is 20.6 Å². The molecule has 0 bridgehead atoms. The third-order valence-electron chi connectivity index (χ3n) is 5.05. The average Bonchev–Trinajstić information content (AvgIpc) is 2.77. The molecule has 2 amide bonds. The molecule has 1 atom stereocenters. The fourth-order valence-electron chi connectivity index (χ4n) is 3.42. The largest absolute Gasteiger partial charge is 0.486 e. The van der Waals surface area contributed by atoms with Crippen LogP contribution in [0.5, 0.6) is 5.75 Å². The number of carbonyl (C=O) groups excluding carboxylic acids is 2. The van der Waals surface area contributed by atoms with Gasteiger partial charge in [0, 0.05) is 25.1 Å². The van der Waals surface area contributed by atoms with E-state index in [9.17, 15) is 22.4 Å². The van der Waals surface area contributed by atoms with E-state index in [2.05, 4.69) is 10.6 Å². The third kappa shape index (κ3) is 6.84. The summed E-state index contributed by atoms with van der Waals surface area (Å²) in [6, 6.07) is 9.16. The maximum Gasteiger partial charge on any atom is 0.412 e. The molecule has 0 aromatic heterocycles. The number of nitrogens with one attached hydrogen (secondary N) is 2. The number of hydrogen-bond donors (Lipinski definition) is 2. The number of nitrogens with zero attached hydrogens (tertiary/aromatic N) is 1. The van der Waals surface area contributed by atoms with Gasteiger partial charge in [0.05, 0.1) is 17.1 Å². The minimum Gasteiger partial charge on any atom is -0.486 e. The molecule has 0 fully saturated rings. The number of amides is 2. The first-order chi connectivity index (χ1) is 16.4. The molecule has 2 aromatic carbocycles. The highest BCUT2D eigenvalue weighted by molar-refractivity contribution is 7.92. The zero-order valence-electron chi connectivity index (χ0n) is 20.1. The zero-order valence-corrected chi connectivity index (χ0v) is 20.9. The summed E-state index contributed by atoms with van der Waals surface area (Å²) in [4.78, 5) is 23.7. The summed E-state index contributed by atoms with van der Waals surface area (Å²) >= 11 is 0. The fourth-order valence-corrected chi connectivity index (χ4v) is 4.92. The second-order valence-corrected chi connectivity index (χ2v) is 10.9. The van der Waals surface area contributed by atoms with Gasteiger partial charge in [0.25, 0.3) is 10.0 Å². The molecule has 0 saturated carbocycles. The molecule has 0 radical (unpaired) electrons. The molecule has 2 N–H and O–H groups in total. The second kappa shape index (κ2) is 10.5. The molecular formula is C24H30FN3O6S. The quantitative estimate of drug-likeness (QED) is 0.585. The molecule has 0 spiro atoms. The normalized spacial score (nSPS) is 15.6. The number of sulfonamides is 1. The summed E-state index contributed by atoms with van der Waals surface area (Å²) in [6.45, 7) is 7.21. The van der Waals surface area contributed by atoms with E-state index in [1.54, 1.807) is 39.8 Å². The number of halogens is 1. The van der Waals surface area contributed by atoms with Gasteiger partial charge in [-0.3, -0.25) is 14.4 Å². The van der Waals surface area contributed by atoms with Crippen LogP contribution in [0.2, 0.25) is 0 Å². The summed E-state index contributed by atoms with van der Waals surface area (Å²) in [6.07, 6.45) is -0.517. The molecule has 3 rings (SSSR count). The van der Waals surface area contributed by atoms with Crippen LogP contribution in [0.15, 0.2) is 47.4 Å². The van der Waals surface area contributed by atoms with Crippen LogP contribution in [-0.4, -0.2) is 45.2 Å². The van der Waals surface area contributed by atoms with Gasteiger partial charge in [0.2, 0.25) is 5.91 Å². The molecule has 190 valence electrons. The fraction of sp³-hybridized carbons (Fsp3) is 0.417. The number of fused-ring (bicyclic) bond motifs is 1. The first-order valence-electron chi connectivity index (χ1n) is 11.2. The molecular weight excluding hydrogens is 477 g/mol. The molecule has 1 heterocycles. The van der Waals surface area contributed by atoms with Crippen molar-refractivity contribution in [3.05, 3.63) is 48.3 Å². The lowest BCUT2D eigenvalue weighted by atomic mass is 10.1. The van der Waals surface area contributed by atoms with E-state index in [0.29, 0.717) is 30.8 Å². The minimum atomic E-state index is -4.09. The Kier molecular flexibility index (Phi) is 7.89. The molecule has 1 unspecified atom stereocenters. The standard InChI is InChI=1S/C24H30FN3O6S/c1-5-22(29)26-13-12-18-15-28(35(31,32)19-9-6-16(25)7-10-19)20-14-17(8-11-21(20)33-18)27-23(30)34-24(2,3)4/h6-11,14,18H,5,12-13,15H2,1-4H3,(H,26,29)(H,27,30). The Balaban J connectivity index is 1.92. The minimum absolute atomic E-state index is 0.0371. The number of hydrogen-bond acceptors (Lipinski definition) is 6. The summed E-state index contributed by atoms with van der Waals surface area (Å²) in [5.41, 5.74) is -0.175. The van der Waals surface area contributed by atoms with E-state index in [4.69, 9.17) is 9.47 Å². The SMILES string of the molecule is CCC(=O)NCCC1CN(S(=O)(=O)c2ccc(F)cc2)c2cc(NC(=O)OC(C)(C)C)ccc2O1. The van der Waals surface area contributed by atoms with Crippen LogP contribution in [0.1, 0.15) is 40.5 Å². The van der Waals surface area contributed by atoms with Crippen molar-refractivity contribution >= 4 is 33.4 Å². The smallest absolute Gasteiger partial charge is 0.412 e. The maximum atomic E-state index is 13.5.